The van der Waals surface area contributed by atoms with Crippen molar-refractivity contribution in [1.82, 2.24) is 4.98 Å². The fourth-order valence-corrected chi connectivity index (χ4v) is 2.21. The van der Waals surface area contributed by atoms with E-state index in [0.717, 1.165) is 11.3 Å². The Morgan fingerprint density at radius 1 is 1.47 bits per heavy atom. The quantitative estimate of drug-likeness (QED) is 0.562. The Kier molecular flexibility index (Phi) is 5.91. The summed E-state index contributed by atoms with van der Waals surface area (Å²) >= 11 is 1.05. The number of nitrogens with one attached hydrogen (secondary N) is 1. The molecular weight excluding hydrogens is 268 g/mol. The van der Waals surface area contributed by atoms with Crippen LogP contribution in [0.2, 0.25) is 0 Å². The number of carbonyl (C=O) groups excluding carboxylic acids is 1. The van der Waals surface area contributed by atoms with Crippen molar-refractivity contribution in [3.05, 3.63) is 10.6 Å². The summed E-state index contributed by atoms with van der Waals surface area (Å²) < 4.78 is 5.38. The molecule has 0 aliphatic rings. The van der Waals surface area contributed by atoms with Gasteiger partial charge in [-0.1, -0.05) is 25.2 Å². The summed E-state index contributed by atoms with van der Waals surface area (Å²) in [5.41, 5.74) is -0.192. The third kappa shape index (κ3) is 4.96. The van der Waals surface area contributed by atoms with Gasteiger partial charge >= 0.3 is 5.97 Å². The minimum Gasteiger partial charge on any atom is -0.476 e. The minimum absolute atomic E-state index is 0.165. The topological polar surface area (TPSA) is 88.5 Å². The number of ether oxygens (including phenoxy) is 1. The SMILES string of the molecule is CC(=O)c1sc(NCCOCC(C)C)nc1C(=O)O. The highest BCUT2D eigenvalue weighted by molar-refractivity contribution is 7.17. The molecular formula is C12H18N2O4S. The Bertz CT molecular complexity index is 425. The largest absolute Gasteiger partial charge is 0.476 e. The highest BCUT2D eigenvalue weighted by atomic mass is 32.1. The third-order valence-corrected chi connectivity index (χ3v) is 3.24. The fourth-order valence-electron chi connectivity index (χ4n) is 1.33. The predicted molar refractivity (Wildman–Crippen MR) is 73.2 cm³/mol. The van der Waals surface area contributed by atoms with Gasteiger partial charge in [-0.05, 0) is 5.92 Å². The second-order valence-corrected chi connectivity index (χ2v) is 5.45. The van der Waals surface area contributed by atoms with Gasteiger partial charge in [0.15, 0.2) is 16.6 Å². The van der Waals surface area contributed by atoms with Gasteiger partial charge in [-0.15, -0.1) is 0 Å². The van der Waals surface area contributed by atoms with Crippen LogP contribution in [0.5, 0.6) is 0 Å². The zero-order valence-electron chi connectivity index (χ0n) is 11.2. The summed E-state index contributed by atoms with van der Waals surface area (Å²) in [5, 5.41) is 12.3. The van der Waals surface area contributed by atoms with Crippen molar-refractivity contribution in [1.29, 1.82) is 0 Å². The molecule has 0 bridgehead atoms. The van der Waals surface area contributed by atoms with E-state index in [4.69, 9.17) is 9.84 Å². The Morgan fingerprint density at radius 3 is 2.63 bits per heavy atom. The number of rotatable bonds is 8. The summed E-state index contributed by atoms with van der Waals surface area (Å²) in [7, 11) is 0. The van der Waals surface area contributed by atoms with Crippen LogP contribution in [0.15, 0.2) is 0 Å². The molecule has 0 spiro atoms. The maximum Gasteiger partial charge on any atom is 0.356 e. The molecule has 6 nitrogen and oxygen atoms in total. The monoisotopic (exact) mass is 286 g/mol. The lowest BCUT2D eigenvalue weighted by molar-refractivity contribution is 0.0687. The molecule has 1 heterocycles. The fraction of sp³-hybridized carbons (Fsp3) is 0.583. The maximum atomic E-state index is 11.3. The lowest BCUT2D eigenvalue weighted by Gasteiger charge is -2.06. The van der Waals surface area contributed by atoms with E-state index >= 15 is 0 Å². The number of carbonyl (C=O) groups is 2. The van der Waals surface area contributed by atoms with Crippen LogP contribution in [0.1, 0.15) is 40.9 Å². The molecule has 106 valence electrons. The molecule has 0 aliphatic carbocycles. The van der Waals surface area contributed by atoms with Crippen LogP contribution in [0.25, 0.3) is 0 Å². The summed E-state index contributed by atoms with van der Waals surface area (Å²) in [6.07, 6.45) is 0. The van der Waals surface area contributed by atoms with E-state index < -0.39 is 5.97 Å². The van der Waals surface area contributed by atoms with Crippen molar-refractivity contribution < 1.29 is 19.4 Å². The van der Waals surface area contributed by atoms with E-state index in [1.807, 2.05) is 0 Å². The van der Waals surface area contributed by atoms with Gasteiger partial charge in [-0.2, -0.15) is 0 Å². The first-order valence-corrected chi connectivity index (χ1v) is 6.80. The number of carboxylic acid groups (broad SMARTS) is 1. The van der Waals surface area contributed by atoms with E-state index in [0.29, 0.717) is 30.8 Å². The summed E-state index contributed by atoms with van der Waals surface area (Å²) in [4.78, 5) is 26.3. The molecule has 1 rings (SSSR count). The van der Waals surface area contributed by atoms with Crippen molar-refractivity contribution >= 4 is 28.2 Å². The first kappa shape index (κ1) is 15.6. The van der Waals surface area contributed by atoms with E-state index in [1.54, 1.807) is 0 Å². The molecule has 0 saturated heterocycles. The number of aromatic carboxylic acids is 1. The summed E-state index contributed by atoms with van der Waals surface area (Å²) in [6, 6.07) is 0. The summed E-state index contributed by atoms with van der Waals surface area (Å²) in [6.45, 7) is 7.17. The van der Waals surface area contributed by atoms with Crippen LogP contribution < -0.4 is 5.32 Å². The van der Waals surface area contributed by atoms with Crippen LogP contribution in [0.3, 0.4) is 0 Å². The second kappa shape index (κ2) is 7.20. The number of aromatic nitrogens is 1. The molecule has 0 saturated carbocycles. The molecule has 0 amide bonds. The zero-order valence-corrected chi connectivity index (χ0v) is 12.0. The van der Waals surface area contributed by atoms with E-state index in [9.17, 15) is 9.59 Å². The first-order valence-electron chi connectivity index (χ1n) is 5.98. The van der Waals surface area contributed by atoms with Crippen LogP contribution in [-0.2, 0) is 4.74 Å². The van der Waals surface area contributed by atoms with Crippen molar-refractivity contribution in [3.63, 3.8) is 0 Å². The van der Waals surface area contributed by atoms with Crippen molar-refractivity contribution in [2.24, 2.45) is 5.92 Å². The molecule has 0 unspecified atom stereocenters. The normalized spacial score (nSPS) is 10.7. The van der Waals surface area contributed by atoms with Gasteiger partial charge in [-0.25, -0.2) is 9.78 Å². The van der Waals surface area contributed by atoms with E-state index in [-0.39, 0.29) is 16.4 Å². The van der Waals surface area contributed by atoms with Crippen molar-refractivity contribution in [3.8, 4) is 0 Å². The van der Waals surface area contributed by atoms with Crippen LogP contribution in [-0.4, -0.2) is 41.6 Å². The molecule has 7 heteroatoms. The molecule has 0 aromatic carbocycles. The molecule has 2 N–H and O–H groups in total. The van der Waals surface area contributed by atoms with Crippen molar-refractivity contribution in [2.75, 3.05) is 25.1 Å². The van der Waals surface area contributed by atoms with Gasteiger partial charge in [0.2, 0.25) is 0 Å². The maximum absolute atomic E-state index is 11.3. The van der Waals surface area contributed by atoms with Crippen LogP contribution in [0.4, 0.5) is 5.13 Å². The first-order chi connectivity index (χ1) is 8.91. The number of Topliss-reactive ketones (excluding diaryl/α,β-unsaturated/α-hetero) is 1. The molecule has 1 aromatic rings. The zero-order chi connectivity index (χ0) is 14.4. The smallest absolute Gasteiger partial charge is 0.356 e. The van der Waals surface area contributed by atoms with Gasteiger partial charge in [0.05, 0.1) is 6.61 Å². The lowest BCUT2D eigenvalue weighted by atomic mass is 10.2. The number of ketones is 1. The number of hydrogen-bond donors (Lipinski definition) is 2. The highest BCUT2D eigenvalue weighted by Gasteiger charge is 2.20. The number of carboxylic acids is 1. The number of nitrogens with zero attached hydrogens (tertiary/aromatic N) is 1. The second-order valence-electron chi connectivity index (χ2n) is 4.45. The molecule has 0 aliphatic heterocycles. The molecule has 19 heavy (non-hydrogen) atoms. The molecule has 1 aromatic heterocycles. The van der Waals surface area contributed by atoms with E-state index in [2.05, 4.69) is 24.1 Å². The van der Waals surface area contributed by atoms with Gasteiger partial charge in [-0.3, -0.25) is 4.79 Å². The Balaban J connectivity index is 2.53. The van der Waals surface area contributed by atoms with Gasteiger partial charge < -0.3 is 15.2 Å². The number of anilines is 1. The Labute approximate surface area is 115 Å². The van der Waals surface area contributed by atoms with Crippen LogP contribution >= 0.6 is 11.3 Å². The lowest BCUT2D eigenvalue weighted by Crippen LogP contribution is -2.12. The molecule has 0 atom stereocenters. The summed E-state index contributed by atoms with van der Waals surface area (Å²) in [5.74, 6) is -1.01. The predicted octanol–water partition coefficient (Wildman–Crippen LogP) is 2.13. The van der Waals surface area contributed by atoms with Crippen LogP contribution in [0, 0.1) is 5.92 Å². The average molecular weight is 286 g/mol. The number of hydrogen-bond acceptors (Lipinski definition) is 6. The van der Waals surface area contributed by atoms with Gasteiger partial charge in [0, 0.05) is 20.1 Å². The Hall–Kier alpha value is -1.47. The molecule has 0 fully saturated rings. The van der Waals surface area contributed by atoms with Crippen molar-refractivity contribution in [2.45, 2.75) is 20.8 Å². The van der Waals surface area contributed by atoms with E-state index in [1.165, 1.54) is 6.92 Å². The highest BCUT2D eigenvalue weighted by Crippen LogP contribution is 2.23. The van der Waals surface area contributed by atoms with Gasteiger partial charge in [0.1, 0.15) is 4.88 Å². The average Bonchev–Trinajstić information content (AvgIpc) is 2.72. The number of thiazole rings is 1. The molecule has 0 radical (unpaired) electrons. The third-order valence-electron chi connectivity index (χ3n) is 2.12. The van der Waals surface area contributed by atoms with Gasteiger partial charge in [0.25, 0.3) is 0 Å². The standard InChI is InChI=1S/C12H18N2O4S/c1-7(2)6-18-5-4-13-12-14-9(11(16)17)10(19-12)8(3)15/h7H,4-6H2,1-3H3,(H,13,14)(H,16,17). The Morgan fingerprint density at radius 2 is 2.16 bits per heavy atom. The minimum atomic E-state index is -1.19.